The molecule has 1 amide bonds. The van der Waals surface area contributed by atoms with Gasteiger partial charge < -0.3 is 15.4 Å². The summed E-state index contributed by atoms with van der Waals surface area (Å²) in [5.74, 6) is 0.300. The summed E-state index contributed by atoms with van der Waals surface area (Å²) < 4.78 is 33.1. The van der Waals surface area contributed by atoms with Crippen LogP contribution >= 0.6 is 0 Å². The Kier molecular flexibility index (Phi) is 7.67. The summed E-state index contributed by atoms with van der Waals surface area (Å²) in [6.07, 6.45) is 4.33. The molecule has 1 heterocycles. The lowest BCUT2D eigenvalue weighted by Crippen LogP contribution is -2.35. The molecule has 0 aliphatic carbocycles. The van der Waals surface area contributed by atoms with Crippen LogP contribution in [-0.4, -0.2) is 50.9 Å². The molecule has 27 heavy (non-hydrogen) atoms. The van der Waals surface area contributed by atoms with Gasteiger partial charge in [-0.2, -0.15) is 4.31 Å². The number of piperidine rings is 1. The van der Waals surface area contributed by atoms with Gasteiger partial charge in [0, 0.05) is 19.6 Å². The molecule has 1 aromatic carbocycles. The molecule has 1 saturated heterocycles. The van der Waals surface area contributed by atoms with Crippen molar-refractivity contribution in [2.45, 2.75) is 44.1 Å². The zero-order valence-corrected chi connectivity index (χ0v) is 16.8. The van der Waals surface area contributed by atoms with E-state index in [2.05, 4.69) is 17.2 Å². The minimum absolute atomic E-state index is 0.00943. The predicted octanol–water partition coefficient (Wildman–Crippen LogP) is 2.36. The van der Waals surface area contributed by atoms with Crippen molar-refractivity contribution in [2.75, 3.05) is 31.5 Å². The smallest absolute Gasteiger partial charge is 0.243 e. The maximum atomic E-state index is 12.9. The first-order chi connectivity index (χ1) is 12.8. The molecule has 0 bridgehead atoms. The van der Waals surface area contributed by atoms with Crippen LogP contribution in [-0.2, 0) is 14.8 Å². The molecule has 2 rings (SSSR count). The zero-order valence-electron chi connectivity index (χ0n) is 16.0. The molecule has 0 radical (unpaired) electrons. The first kappa shape index (κ1) is 21.2. The third-order valence-corrected chi connectivity index (χ3v) is 6.04. The molecule has 150 valence electrons. The van der Waals surface area contributed by atoms with Gasteiger partial charge in [0.2, 0.25) is 15.9 Å². The van der Waals surface area contributed by atoms with Crippen LogP contribution in [0.1, 0.15) is 33.1 Å². The van der Waals surface area contributed by atoms with Crippen LogP contribution in [0.25, 0.3) is 0 Å². The molecule has 0 saturated carbocycles. The Bertz CT molecular complexity index is 756. The van der Waals surface area contributed by atoms with Crippen molar-refractivity contribution in [3.63, 3.8) is 0 Å². The lowest BCUT2D eigenvalue weighted by Gasteiger charge is -2.26. The number of nitrogens with one attached hydrogen (secondary N) is 2. The Morgan fingerprint density at radius 2 is 2.00 bits per heavy atom. The van der Waals surface area contributed by atoms with E-state index in [1.54, 1.807) is 24.3 Å². The number of benzene rings is 1. The van der Waals surface area contributed by atoms with Crippen molar-refractivity contribution in [3.05, 3.63) is 30.9 Å². The second kappa shape index (κ2) is 9.75. The average Bonchev–Trinajstić information content (AvgIpc) is 2.65. The fraction of sp³-hybridized carbons (Fsp3) is 0.526. The number of rotatable bonds is 9. The van der Waals surface area contributed by atoms with Gasteiger partial charge in [0.1, 0.15) is 5.75 Å². The normalized spacial score (nSPS) is 15.4. The van der Waals surface area contributed by atoms with E-state index in [1.807, 2.05) is 13.8 Å². The Hall–Kier alpha value is -2.06. The van der Waals surface area contributed by atoms with Gasteiger partial charge in [0.15, 0.2) is 0 Å². The van der Waals surface area contributed by atoms with E-state index in [0.29, 0.717) is 31.1 Å². The van der Waals surface area contributed by atoms with E-state index in [9.17, 15) is 13.2 Å². The molecular weight excluding hydrogens is 366 g/mol. The van der Waals surface area contributed by atoms with Gasteiger partial charge >= 0.3 is 0 Å². The van der Waals surface area contributed by atoms with Gasteiger partial charge in [0.05, 0.1) is 23.2 Å². The summed E-state index contributed by atoms with van der Waals surface area (Å²) in [7, 11) is -3.56. The minimum atomic E-state index is -3.56. The lowest BCUT2D eigenvalue weighted by atomic mass is 10.2. The monoisotopic (exact) mass is 395 g/mol. The lowest BCUT2D eigenvalue weighted by molar-refractivity contribution is -0.119. The molecule has 0 atom stereocenters. The van der Waals surface area contributed by atoms with Crippen LogP contribution in [0.4, 0.5) is 5.69 Å². The molecule has 0 aromatic heterocycles. The second-order valence-corrected chi connectivity index (χ2v) is 8.67. The number of anilines is 1. The highest BCUT2D eigenvalue weighted by molar-refractivity contribution is 7.89. The van der Waals surface area contributed by atoms with E-state index in [-0.39, 0.29) is 23.5 Å². The molecule has 0 unspecified atom stereocenters. The fourth-order valence-electron chi connectivity index (χ4n) is 2.84. The van der Waals surface area contributed by atoms with E-state index in [0.717, 1.165) is 19.3 Å². The van der Waals surface area contributed by atoms with Crippen LogP contribution in [0, 0.1) is 0 Å². The van der Waals surface area contributed by atoms with Crippen LogP contribution in [0.3, 0.4) is 0 Å². The van der Waals surface area contributed by atoms with Gasteiger partial charge in [-0.05, 0) is 44.9 Å². The highest BCUT2D eigenvalue weighted by atomic mass is 32.2. The van der Waals surface area contributed by atoms with E-state index >= 15 is 0 Å². The molecule has 1 aliphatic heterocycles. The Labute approximate surface area is 161 Å². The molecular formula is C19H29N3O4S. The summed E-state index contributed by atoms with van der Waals surface area (Å²) in [5.41, 5.74) is 0.482. The van der Waals surface area contributed by atoms with Gasteiger partial charge in [-0.25, -0.2) is 8.42 Å². The number of hydrogen-bond donors (Lipinski definition) is 2. The summed E-state index contributed by atoms with van der Waals surface area (Å²) in [6.45, 7) is 8.80. The van der Waals surface area contributed by atoms with Crippen molar-refractivity contribution < 1.29 is 17.9 Å². The summed E-state index contributed by atoms with van der Waals surface area (Å²) >= 11 is 0. The van der Waals surface area contributed by atoms with Gasteiger partial charge in [-0.3, -0.25) is 4.79 Å². The van der Waals surface area contributed by atoms with Crippen molar-refractivity contribution in [2.24, 2.45) is 0 Å². The molecule has 7 nitrogen and oxygen atoms in total. The summed E-state index contributed by atoms with van der Waals surface area (Å²) in [5, 5.41) is 5.66. The number of sulfonamides is 1. The van der Waals surface area contributed by atoms with E-state index in [1.165, 1.54) is 4.31 Å². The fourth-order valence-corrected chi connectivity index (χ4v) is 4.39. The third-order valence-electron chi connectivity index (χ3n) is 4.15. The Morgan fingerprint density at radius 1 is 1.30 bits per heavy atom. The number of amides is 1. The number of hydrogen-bond acceptors (Lipinski definition) is 5. The maximum Gasteiger partial charge on any atom is 0.243 e. The topological polar surface area (TPSA) is 87.7 Å². The standard InChI is InChI=1S/C19H29N3O4S/c1-4-10-20-19(23)14-21-17-13-16(8-9-18(17)26-15(2)3)27(24,25)22-11-6-5-7-12-22/h4,8-9,13,15,21H,1,5-7,10-12,14H2,2-3H3,(H,20,23). The summed E-state index contributed by atoms with van der Waals surface area (Å²) in [4.78, 5) is 12.1. The Balaban J connectivity index is 2.24. The van der Waals surface area contributed by atoms with E-state index < -0.39 is 10.0 Å². The van der Waals surface area contributed by atoms with Crippen LogP contribution < -0.4 is 15.4 Å². The SMILES string of the molecule is C=CCNC(=O)CNc1cc(S(=O)(=O)N2CCCCC2)ccc1OC(C)C. The summed E-state index contributed by atoms with van der Waals surface area (Å²) in [6, 6.07) is 4.74. The van der Waals surface area contributed by atoms with Gasteiger partial charge in [-0.15, -0.1) is 6.58 Å². The van der Waals surface area contributed by atoms with Crippen LogP contribution in [0.5, 0.6) is 5.75 Å². The quantitative estimate of drug-likeness (QED) is 0.627. The largest absolute Gasteiger partial charge is 0.489 e. The molecule has 0 spiro atoms. The third kappa shape index (κ3) is 5.97. The predicted molar refractivity (Wildman–Crippen MR) is 107 cm³/mol. The molecule has 1 aromatic rings. The number of carbonyl (C=O) groups is 1. The molecule has 2 N–H and O–H groups in total. The number of carbonyl (C=O) groups excluding carboxylic acids is 1. The highest BCUT2D eigenvalue weighted by Gasteiger charge is 2.26. The van der Waals surface area contributed by atoms with Crippen molar-refractivity contribution >= 4 is 21.6 Å². The molecule has 8 heteroatoms. The van der Waals surface area contributed by atoms with Crippen molar-refractivity contribution in [1.29, 1.82) is 0 Å². The molecule has 1 aliphatic rings. The van der Waals surface area contributed by atoms with Gasteiger partial charge in [-0.1, -0.05) is 12.5 Å². The Morgan fingerprint density at radius 3 is 2.63 bits per heavy atom. The maximum absolute atomic E-state index is 12.9. The highest BCUT2D eigenvalue weighted by Crippen LogP contribution is 2.30. The zero-order chi connectivity index (χ0) is 19.9. The molecule has 1 fully saturated rings. The van der Waals surface area contributed by atoms with Crippen molar-refractivity contribution in [3.8, 4) is 5.75 Å². The minimum Gasteiger partial charge on any atom is -0.489 e. The second-order valence-electron chi connectivity index (χ2n) is 6.74. The van der Waals surface area contributed by atoms with Crippen LogP contribution in [0.2, 0.25) is 0 Å². The van der Waals surface area contributed by atoms with Crippen molar-refractivity contribution in [1.82, 2.24) is 9.62 Å². The first-order valence-electron chi connectivity index (χ1n) is 9.27. The van der Waals surface area contributed by atoms with Gasteiger partial charge in [0.25, 0.3) is 0 Å². The van der Waals surface area contributed by atoms with Crippen LogP contribution in [0.15, 0.2) is 35.7 Å². The van der Waals surface area contributed by atoms with E-state index in [4.69, 9.17) is 4.74 Å². The average molecular weight is 396 g/mol. The first-order valence-corrected chi connectivity index (χ1v) is 10.7. The number of nitrogens with zero attached hydrogens (tertiary/aromatic N) is 1. The number of ether oxygens (including phenoxy) is 1.